The van der Waals surface area contributed by atoms with Gasteiger partial charge in [-0.1, -0.05) is 44.0 Å². The summed E-state index contributed by atoms with van der Waals surface area (Å²) in [4.78, 5) is 1.20. The molecule has 0 saturated carbocycles. The summed E-state index contributed by atoms with van der Waals surface area (Å²) in [6.07, 6.45) is 2.48. The first kappa shape index (κ1) is 10.9. The Labute approximate surface area is 89.7 Å². The molecule has 72 valence electrons. The second kappa shape index (κ2) is 5.56. The average molecular weight is 215 g/mol. The van der Waals surface area contributed by atoms with E-state index in [1.807, 2.05) is 30.0 Å². The van der Waals surface area contributed by atoms with Gasteiger partial charge < -0.3 is 0 Å². The van der Waals surface area contributed by atoms with Crippen molar-refractivity contribution in [1.29, 1.82) is 0 Å². The number of thioether (sulfide) groups is 1. The molecular weight excluding hydrogens is 200 g/mol. The maximum Gasteiger partial charge on any atom is 0.0541 e. The number of rotatable bonds is 4. The Bertz CT molecular complexity index is 260. The van der Waals surface area contributed by atoms with Crippen LogP contribution in [0.2, 0.25) is 5.02 Å². The second-order valence-electron chi connectivity index (χ2n) is 3.15. The summed E-state index contributed by atoms with van der Waals surface area (Å²) in [5.74, 6) is 0. The fourth-order valence-electron chi connectivity index (χ4n) is 1.22. The molecule has 0 spiro atoms. The number of halogens is 1. The van der Waals surface area contributed by atoms with E-state index in [9.17, 15) is 0 Å². The van der Waals surface area contributed by atoms with Crippen molar-refractivity contribution in [3.05, 3.63) is 29.3 Å². The Kier molecular flexibility index (Phi) is 4.68. The fourth-order valence-corrected chi connectivity index (χ4v) is 2.62. The van der Waals surface area contributed by atoms with Crippen LogP contribution in [0.25, 0.3) is 0 Å². The zero-order valence-electron chi connectivity index (χ0n) is 8.09. The minimum Gasteiger partial charge on any atom is -0.121 e. The lowest BCUT2D eigenvalue weighted by Crippen LogP contribution is -1.94. The van der Waals surface area contributed by atoms with E-state index < -0.39 is 0 Å². The second-order valence-corrected chi connectivity index (χ2v) is 5.04. The molecule has 1 unspecified atom stereocenters. The number of hydrogen-bond acceptors (Lipinski definition) is 1. The molecule has 13 heavy (non-hydrogen) atoms. The van der Waals surface area contributed by atoms with Gasteiger partial charge in [-0.2, -0.15) is 0 Å². The molecule has 0 aliphatic rings. The van der Waals surface area contributed by atoms with E-state index in [4.69, 9.17) is 11.6 Å². The predicted octanol–water partition coefficient (Wildman–Crippen LogP) is 4.62. The standard InChI is InChI=1S/C11H15ClS/c1-3-6-9(2)13-11-8-5-4-7-10(11)12/h4-5,7-9H,3,6H2,1-2H3. The van der Waals surface area contributed by atoms with Crippen LogP contribution in [0.1, 0.15) is 26.7 Å². The van der Waals surface area contributed by atoms with Crippen LogP contribution in [0.3, 0.4) is 0 Å². The van der Waals surface area contributed by atoms with Crippen molar-refractivity contribution < 1.29 is 0 Å². The molecule has 0 aliphatic carbocycles. The normalized spacial score (nSPS) is 12.8. The monoisotopic (exact) mass is 214 g/mol. The first-order chi connectivity index (χ1) is 6.24. The first-order valence-electron chi connectivity index (χ1n) is 4.65. The van der Waals surface area contributed by atoms with Gasteiger partial charge in [0.2, 0.25) is 0 Å². The Balaban J connectivity index is 2.58. The van der Waals surface area contributed by atoms with Gasteiger partial charge in [-0.25, -0.2) is 0 Å². The van der Waals surface area contributed by atoms with Crippen LogP contribution in [0, 0.1) is 0 Å². The molecule has 1 atom stereocenters. The largest absolute Gasteiger partial charge is 0.121 e. The smallest absolute Gasteiger partial charge is 0.0541 e. The molecule has 0 radical (unpaired) electrons. The maximum absolute atomic E-state index is 6.05. The SMILES string of the molecule is CCCC(C)Sc1ccccc1Cl. The molecule has 0 aromatic heterocycles. The molecule has 0 nitrogen and oxygen atoms in total. The highest BCUT2D eigenvalue weighted by molar-refractivity contribution is 8.00. The predicted molar refractivity (Wildman–Crippen MR) is 61.7 cm³/mol. The van der Waals surface area contributed by atoms with Crippen molar-refractivity contribution in [1.82, 2.24) is 0 Å². The van der Waals surface area contributed by atoms with Crippen molar-refractivity contribution in [2.75, 3.05) is 0 Å². The van der Waals surface area contributed by atoms with Crippen molar-refractivity contribution in [2.24, 2.45) is 0 Å². The van der Waals surface area contributed by atoms with Crippen LogP contribution in [-0.4, -0.2) is 5.25 Å². The van der Waals surface area contributed by atoms with E-state index >= 15 is 0 Å². The fraction of sp³-hybridized carbons (Fsp3) is 0.455. The van der Waals surface area contributed by atoms with E-state index in [-0.39, 0.29) is 0 Å². The van der Waals surface area contributed by atoms with Gasteiger partial charge in [0.05, 0.1) is 5.02 Å². The van der Waals surface area contributed by atoms with E-state index in [1.165, 1.54) is 17.7 Å². The lowest BCUT2D eigenvalue weighted by atomic mass is 10.3. The van der Waals surface area contributed by atoms with Gasteiger partial charge >= 0.3 is 0 Å². The minimum atomic E-state index is 0.657. The molecule has 1 aromatic rings. The van der Waals surface area contributed by atoms with Crippen LogP contribution in [-0.2, 0) is 0 Å². The van der Waals surface area contributed by atoms with Crippen LogP contribution in [0.5, 0.6) is 0 Å². The molecule has 0 fully saturated rings. The van der Waals surface area contributed by atoms with Gasteiger partial charge in [0.1, 0.15) is 0 Å². The first-order valence-corrected chi connectivity index (χ1v) is 5.91. The van der Waals surface area contributed by atoms with Crippen molar-refractivity contribution in [3.63, 3.8) is 0 Å². The molecule has 0 amide bonds. The van der Waals surface area contributed by atoms with Gasteiger partial charge in [-0.15, -0.1) is 11.8 Å². The van der Waals surface area contributed by atoms with E-state index in [1.54, 1.807) is 0 Å². The molecule has 0 heterocycles. The maximum atomic E-state index is 6.05. The van der Waals surface area contributed by atoms with Crippen molar-refractivity contribution in [3.8, 4) is 0 Å². The molecule has 0 saturated heterocycles. The molecule has 0 bridgehead atoms. The molecular formula is C11H15ClS. The third-order valence-electron chi connectivity index (χ3n) is 1.86. The number of benzene rings is 1. The van der Waals surface area contributed by atoms with Gasteiger partial charge in [0.15, 0.2) is 0 Å². The number of hydrogen-bond donors (Lipinski definition) is 0. The highest BCUT2D eigenvalue weighted by atomic mass is 35.5. The Morgan fingerprint density at radius 2 is 2.08 bits per heavy atom. The lowest BCUT2D eigenvalue weighted by Gasteiger charge is -2.10. The van der Waals surface area contributed by atoms with Crippen LogP contribution in [0.4, 0.5) is 0 Å². The summed E-state index contributed by atoms with van der Waals surface area (Å²) in [6, 6.07) is 8.03. The average Bonchev–Trinajstić information content (AvgIpc) is 2.09. The zero-order valence-corrected chi connectivity index (χ0v) is 9.66. The van der Waals surface area contributed by atoms with Gasteiger partial charge in [-0.05, 0) is 18.6 Å². The third-order valence-corrected chi connectivity index (χ3v) is 3.55. The van der Waals surface area contributed by atoms with Crippen molar-refractivity contribution in [2.45, 2.75) is 36.8 Å². The third kappa shape index (κ3) is 3.61. The summed E-state index contributed by atoms with van der Waals surface area (Å²) < 4.78 is 0. The molecule has 1 rings (SSSR count). The van der Waals surface area contributed by atoms with Crippen LogP contribution >= 0.6 is 23.4 Å². The summed E-state index contributed by atoms with van der Waals surface area (Å²) in [6.45, 7) is 4.46. The Hall–Kier alpha value is -0.140. The molecule has 2 heteroatoms. The van der Waals surface area contributed by atoms with Crippen LogP contribution in [0.15, 0.2) is 29.2 Å². The minimum absolute atomic E-state index is 0.657. The van der Waals surface area contributed by atoms with Gasteiger partial charge in [-0.3, -0.25) is 0 Å². The van der Waals surface area contributed by atoms with E-state index in [2.05, 4.69) is 19.9 Å². The summed E-state index contributed by atoms with van der Waals surface area (Å²) in [7, 11) is 0. The quantitative estimate of drug-likeness (QED) is 0.659. The molecule has 0 N–H and O–H groups in total. The lowest BCUT2D eigenvalue weighted by molar-refractivity contribution is 0.787. The Morgan fingerprint density at radius 1 is 1.38 bits per heavy atom. The van der Waals surface area contributed by atoms with Gasteiger partial charge in [0, 0.05) is 10.1 Å². The Morgan fingerprint density at radius 3 is 2.69 bits per heavy atom. The van der Waals surface area contributed by atoms with E-state index in [0.717, 1.165) is 5.02 Å². The molecule has 1 aromatic carbocycles. The van der Waals surface area contributed by atoms with E-state index in [0.29, 0.717) is 5.25 Å². The zero-order chi connectivity index (χ0) is 9.68. The topological polar surface area (TPSA) is 0 Å². The summed E-state index contributed by atoms with van der Waals surface area (Å²) in [5.41, 5.74) is 0. The highest BCUT2D eigenvalue weighted by Crippen LogP contribution is 2.31. The summed E-state index contributed by atoms with van der Waals surface area (Å²) in [5, 5.41) is 1.53. The van der Waals surface area contributed by atoms with Crippen molar-refractivity contribution >= 4 is 23.4 Å². The van der Waals surface area contributed by atoms with Gasteiger partial charge in [0.25, 0.3) is 0 Å². The highest BCUT2D eigenvalue weighted by Gasteiger charge is 2.05. The van der Waals surface area contributed by atoms with Crippen LogP contribution < -0.4 is 0 Å². The summed E-state index contributed by atoms with van der Waals surface area (Å²) >= 11 is 7.91. The molecule has 0 aliphatic heterocycles.